The second-order valence-corrected chi connectivity index (χ2v) is 8.42. The summed E-state index contributed by atoms with van der Waals surface area (Å²) in [6.07, 6.45) is 2.70. The van der Waals surface area contributed by atoms with Crippen molar-refractivity contribution in [1.29, 1.82) is 0 Å². The Balaban J connectivity index is 1.58. The molecule has 1 fully saturated rings. The molecule has 1 aliphatic rings. The standard InChI is InChI=1S/C24H30ClN3O2/c1-3-17(2)16-26-24(30)21-9-4-5-10-22(21)28-13-11-20(12-14-28)27-23(29)18-7-6-8-19(25)15-18/h4-10,15,17,20H,3,11-14,16H2,1-2H3,(H,26,30)(H,27,29). The molecule has 0 aliphatic carbocycles. The first-order chi connectivity index (χ1) is 14.5. The van der Waals surface area contributed by atoms with E-state index in [2.05, 4.69) is 29.4 Å². The van der Waals surface area contributed by atoms with Crippen LogP contribution < -0.4 is 15.5 Å². The number of nitrogens with one attached hydrogen (secondary N) is 2. The van der Waals surface area contributed by atoms with Gasteiger partial charge in [0.05, 0.1) is 5.56 Å². The van der Waals surface area contributed by atoms with E-state index in [9.17, 15) is 9.59 Å². The van der Waals surface area contributed by atoms with Crippen molar-refractivity contribution in [2.24, 2.45) is 5.92 Å². The fourth-order valence-corrected chi connectivity index (χ4v) is 3.80. The van der Waals surface area contributed by atoms with E-state index in [4.69, 9.17) is 11.6 Å². The van der Waals surface area contributed by atoms with Crippen LogP contribution in [0.3, 0.4) is 0 Å². The number of hydrogen-bond acceptors (Lipinski definition) is 3. The number of benzene rings is 2. The van der Waals surface area contributed by atoms with E-state index in [1.807, 2.05) is 24.3 Å². The lowest BCUT2D eigenvalue weighted by atomic mass is 10.0. The van der Waals surface area contributed by atoms with Crippen LogP contribution >= 0.6 is 11.6 Å². The normalized spacial score (nSPS) is 15.5. The minimum Gasteiger partial charge on any atom is -0.371 e. The van der Waals surface area contributed by atoms with Crippen molar-refractivity contribution in [3.63, 3.8) is 0 Å². The molecule has 1 unspecified atom stereocenters. The van der Waals surface area contributed by atoms with E-state index in [0.717, 1.165) is 38.0 Å². The van der Waals surface area contributed by atoms with E-state index < -0.39 is 0 Å². The molecule has 6 heteroatoms. The number of hydrogen-bond donors (Lipinski definition) is 2. The SMILES string of the molecule is CCC(C)CNC(=O)c1ccccc1N1CCC(NC(=O)c2cccc(Cl)c2)CC1. The summed E-state index contributed by atoms with van der Waals surface area (Å²) >= 11 is 5.99. The van der Waals surface area contributed by atoms with E-state index in [1.165, 1.54) is 0 Å². The zero-order valence-corrected chi connectivity index (χ0v) is 18.4. The van der Waals surface area contributed by atoms with Crippen LogP contribution in [-0.4, -0.2) is 37.5 Å². The number of nitrogens with zero attached hydrogens (tertiary/aromatic N) is 1. The Morgan fingerprint density at radius 1 is 1.10 bits per heavy atom. The van der Waals surface area contributed by atoms with Crippen LogP contribution in [0.2, 0.25) is 5.02 Å². The number of carbonyl (C=O) groups excluding carboxylic acids is 2. The lowest BCUT2D eigenvalue weighted by Gasteiger charge is -2.35. The molecular weight excluding hydrogens is 398 g/mol. The molecule has 0 bridgehead atoms. The van der Waals surface area contributed by atoms with Gasteiger partial charge in [-0.15, -0.1) is 0 Å². The smallest absolute Gasteiger partial charge is 0.253 e. The van der Waals surface area contributed by atoms with Crippen molar-refractivity contribution < 1.29 is 9.59 Å². The quantitative estimate of drug-likeness (QED) is 0.683. The first-order valence-corrected chi connectivity index (χ1v) is 11.0. The van der Waals surface area contributed by atoms with Gasteiger partial charge in [-0.1, -0.05) is 50.1 Å². The zero-order chi connectivity index (χ0) is 21.5. The summed E-state index contributed by atoms with van der Waals surface area (Å²) < 4.78 is 0. The van der Waals surface area contributed by atoms with Gasteiger partial charge < -0.3 is 15.5 Å². The number of anilines is 1. The highest BCUT2D eigenvalue weighted by Gasteiger charge is 2.24. The van der Waals surface area contributed by atoms with Crippen molar-refractivity contribution in [3.05, 3.63) is 64.7 Å². The Morgan fingerprint density at radius 2 is 1.83 bits per heavy atom. The number of piperidine rings is 1. The Kier molecular flexibility index (Phi) is 7.75. The maximum absolute atomic E-state index is 12.7. The number of halogens is 1. The third-order valence-corrected chi connectivity index (χ3v) is 5.95. The molecule has 2 aromatic carbocycles. The van der Waals surface area contributed by atoms with Gasteiger partial charge in [0.25, 0.3) is 11.8 Å². The maximum atomic E-state index is 12.7. The summed E-state index contributed by atoms with van der Waals surface area (Å²) in [5.74, 6) is 0.336. The lowest BCUT2D eigenvalue weighted by molar-refractivity contribution is 0.0929. The minimum absolute atomic E-state index is 0.0257. The van der Waals surface area contributed by atoms with Gasteiger partial charge in [-0.2, -0.15) is 0 Å². The van der Waals surface area contributed by atoms with Gasteiger partial charge in [-0.3, -0.25) is 9.59 Å². The third kappa shape index (κ3) is 5.76. The van der Waals surface area contributed by atoms with Crippen molar-refractivity contribution in [2.45, 2.75) is 39.2 Å². The second-order valence-electron chi connectivity index (χ2n) is 7.99. The van der Waals surface area contributed by atoms with Crippen molar-refractivity contribution in [1.82, 2.24) is 10.6 Å². The molecule has 0 saturated carbocycles. The number of carbonyl (C=O) groups is 2. The molecule has 160 valence electrons. The molecule has 3 rings (SSSR count). The van der Waals surface area contributed by atoms with Gasteiger partial charge in [0.2, 0.25) is 0 Å². The average molecular weight is 428 g/mol. The minimum atomic E-state index is -0.0965. The molecule has 0 spiro atoms. The van der Waals surface area contributed by atoms with E-state index in [1.54, 1.807) is 24.3 Å². The molecule has 5 nitrogen and oxygen atoms in total. The topological polar surface area (TPSA) is 61.4 Å². The van der Waals surface area contributed by atoms with Gasteiger partial charge in [0, 0.05) is 41.9 Å². The molecule has 0 radical (unpaired) electrons. The first-order valence-electron chi connectivity index (χ1n) is 10.7. The van der Waals surface area contributed by atoms with Gasteiger partial charge >= 0.3 is 0 Å². The summed E-state index contributed by atoms with van der Waals surface area (Å²) in [7, 11) is 0. The Hall–Kier alpha value is -2.53. The summed E-state index contributed by atoms with van der Waals surface area (Å²) in [5, 5.41) is 6.72. The molecule has 1 atom stereocenters. The highest BCUT2D eigenvalue weighted by Crippen LogP contribution is 2.24. The molecule has 2 aromatic rings. The summed E-state index contributed by atoms with van der Waals surface area (Å²) in [5.41, 5.74) is 2.24. The number of amides is 2. The molecule has 1 aliphatic heterocycles. The van der Waals surface area contributed by atoms with Crippen molar-refractivity contribution in [2.75, 3.05) is 24.5 Å². The number of para-hydroxylation sites is 1. The van der Waals surface area contributed by atoms with Crippen LogP contribution in [-0.2, 0) is 0 Å². The Bertz CT molecular complexity index is 878. The van der Waals surface area contributed by atoms with Gasteiger partial charge in [-0.05, 0) is 49.1 Å². The van der Waals surface area contributed by atoms with Crippen LogP contribution in [0, 0.1) is 5.92 Å². The zero-order valence-electron chi connectivity index (χ0n) is 17.7. The fourth-order valence-electron chi connectivity index (χ4n) is 3.61. The highest BCUT2D eigenvalue weighted by molar-refractivity contribution is 6.30. The molecule has 1 heterocycles. The summed E-state index contributed by atoms with van der Waals surface area (Å²) in [6.45, 7) is 6.52. The monoisotopic (exact) mass is 427 g/mol. The summed E-state index contributed by atoms with van der Waals surface area (Å²) in [4.78, 5) is 27.4. The molecular formula is C24H30ClN3O2. The molecule has 30 heavy (non-hydrogen) atoms. The molecule has 2 amide bonds. The van der Waals surface area contributed by atoms with Crippen LogP contribution in [0.15, 0.2) is 48.5 Å². The molecule has 1 saturated heterocycles. The lowest BCUT2D eigenvalue weighted by Crippen LogP contribution is -2.45. The first kappa shape index (κ1) is 22.2. The number of rotatable bonds is 7. The highest BCUT2D eigenvalue weighted by atomic mass is 35.5. The van der Waals surface area contributed by atoms with Crippen molar-refractivity contribution >= 4 is 29.1 Å². The Labute approximate surface area is 183 Å². The summed E-state index contributed by atoms with van der Waals surface area (Å²) in [6, 6.07) is 14.9. The predicted octanol–water partition coefficient (Wildman–Crippen LogP) is 4.51. The second kappa shape index (κ2) is 10.5. The largest absolute Gasteiger partial charge is 0.371 e. The van der Waals surface area contributed by atoms with Gasteiger partial charge in [0.15, 0.2) is 0 Å². The predicted molar refractivity (Wildman–Crippen MR) is 122 cm³/mol. The van der Waals surface area contributed by atoms with Crippen LogP contribution in [0.4, 0.5) is 5.69 Å². The van der Waals surface area contributed by atoms with E-state index in [-0.39, 0.29) is 17.9 Å². The van der Waals surface area contributed by atoms with E-state index in [0.29, 0.717) is 28.6 Å². The average Bonchev–Trinajstić information content (AvgIpc) is 2.77. The van der Waals surface area contributed by atoms with Gasteiger partial charge in [-0.25, -0.2) is 0 Å². The van der Waals surface area contributed by atoms with Crippen LogP contribution in [0.25, 0.3) is 0 Å². The van der Waals surface area contributed by atoms with Gasteiger partial charge in [0.1, 0.15) is 0 Å². The maximum Gasteiger partial charge on any atom is 0.253 e. The Morgan fingerprint density at radius 3 is 2.53 bits per heavy atom. The third-order valence-electron chi connectivity index (χ3n) is 5.71. The fraction of sp³-hybridized carbons (Fsp3) is 0.417. The molecule has 2 N–H and O–H groups in total. The van der Waals surface area contributed by atoms with Crippen molar-refractivity contribution in [3.8, 4) is 0 Å². The van der Waals surface area contributed by atoms with E-state index >= 15 is 0 Å². The van der Waals surface area contributed by atoms with Crippen LogP contribution in [0.5, 0.6) is 0 Å². The molecule has 0 aromatic heterocycles. The van der Waals surface area contributed by atoms with Crippen LogP contribution in [0.1, 0.15) is 53.8 Å².